The summed E-state index contributed by atoms with van der Waals surface area (Å²) in [7, 11) is -3.60. The Balaban J connectivity index is 1.12. The van der Waals surface area contributed by atoms with Crippen LogP contribution in [-0.4, -0.2) is 59.6 Å². The quantitative estimate of drug-likeness (QED) is 0.526. The highest BCUT2D eigenvalue weighted by Crippen LogP contribution is 2.24. The van der Waals surface area contributed by atoms with Gasteiger partial charge in [-0.3, -0.25) is 9.59 Å². The van der Waals surface area contributed by atoms with E-state index in [1.165, 1.54) is 0 Å². The summed E-state index contributed by atoms with van der Waals surface area (Å²) >= 11 is 6.00. The molecule has 2 aromatic carbocycles. The molecule has 0 atom stereocenters. The second-order valence-electron chi connectivity index (χ2n) is 9.52. The van der Waals surface area contributed by atoms with E-state index in [0.717, 1.165) is 42.4 Å². The molecule has 0 aliphatic carbocycles. The number of benzene rings is 2. The number of carbonyl (C=O) groups is 2. The Morgan fingerprint density at radius 1 is 1.03 bits per heavy atom. The molecule has 3 heterocycles. The molecule has 2 aliphatic heterocycles. The van der Waals surface area contributed by atoms with Crippen LogP contribution in [0.1, 0.15) is 48.4 Å². The fourth-order valence-electron chi connectivity index (χ4n) is 5.02. The Bertz CT molecular complexity index is 1410. The molecule has 0 bridgehead atoms. The van der Waals surface area contributed by atoms with Crippen LogP contribution in [0.25, 0.3) is 10.8 Å². The van der Waals surface area contributed by atoms with Gasteiger partial charge in [-0.1, -0.05) is 23.7 Å². The van der Waals surface area contributed by atoms with Crippen molar-refractivity contribution >= 4 is 44.0 Å². The molecule has 0 saturated carbocycles. The molecular weight excluding hydrogens is 500 g/mol. The third-order valence-electron chi connectivity index (χ3n) is 7.10. The van der Waals surface area contributed by atoms with Gasteiger partial charge in [0, 0.05) is 43.5 Å². The largest absolute Gasteiger partial charge is 0.348 e. The van der Waals surface area contributed by atoms with Crippen molar-refractivity contribution < 1.29 is 18.0 Å². The maximum Gasteiger partial charge on any atom is 0.269 e. The lowest BCUT2D eigenvalue weighted by atomic mass is 10.0. The Kier molecular flexibility index (Phi) is 7.03. The lowest BCUT2D eigenvalue weighted by Gasteiger charge is -2.32. The number of likely N-dealkylation sites (tertiary alicyclic amines) is 1. The first-order chi connectivity index (χ1) is 17.3. The first-order valence-electron chi connectivity index (χ1n) is 12.4. The second kappa shape index (κ2) is 10.2. The van der Waals surface area contributed by atoms with Gasteiger partial charge in [0.25, 0.3) is 5.91 Å². The van der Waals surface area contributed by atoms with Gasteiger partial charge in [-0.25, -0.2) is 13.4 Å². The topological polar surface area (TPSA) is 101 Å². The van der Waals surface area contributed by atoms with Crippen LogP contribution in [0.3, 0.4) is 0 Å². The average Bonchev–Trinajstić information content (AvgIpc) is 3.32. The van der Waals surface area contributed by atoms with Crippen molar-refractivity contribution in [1.82, 2.24) is 19.8 Å². The third-order valence-corrected chi connectivity index (χ3v) is 9.05. The maximum atomic E-state index is 12.9. The van der Waals surface area contributed by atoms with Crippen LogP contribution in [0.2, 0.25) is 5.02 Å². The third kappa shape index (κ3) is 5.27. The molecule has 1 aromatic heterocycles. The minimum Gasteiger partial charge on any atom is -0.348 e. The van der Waals surface area contributed by atoms with Crippen LogP contribution in [0.15, 0.2) is 47.5 Å². The molecule has 8 nitrogen and oxygen atoms in total. The van der Waals surface area contributed by atoms with Gasteiger partial charge in [-0.15, -0.1) is 0 Å². The van der Waals surface area contributed by atoms with Gasteiger partial charge in [0.05, 0.1) is 16.8 Å². The number of carbonyl (C=O) groups excluding carboxylic acids is 2. The van der Waals surface area contributed by atoms with Crippen molar-refractivity contribution in [2.75, 3.05) is 18.8 Å². The number of piperidine rings is 1. The van der Waals surface area contributed by atoms with E-state index in [-0.39, 0.29) is 34.9 Å². The van der Waals surface area contributed by atoms with Crippen molar-refractivity contribution in [2.24, 2.45) is 0 Å². The van der Waals surface area contributed by atoms with E-state index in [1.54, 1.807) is 47.5 Å². The smallest absolute Gasteiger partial charge is 0.269 e. The first-order valence-corrected chi connectivity index (χ1v) is 14.4. The molecule has 2 amide bonds. The van der Waals surface area contributed by atoms with Crippen molar-refractivity contribution in [3.05, 3.63) is 59.1 Å². The first kappa shape index (κ1) is 24.8. The zero-order chi connectivity index (χ0) is 25.3. The molecule has 0 unspecified atom stereocenters. The number of hydrogen-bond donors (Lipinski definition) is 1. The summed E-state index contributed by atoms with van der Waals surface area (Å²) < 4.78 is 27.7. The minimum absolute atomic E-state index is 0.0221. The maximum absolute atomic E-state index is 12.9. The summed E-state index contributed by atoms with van der Waals surface area (Å²) in [6.45, 7) is 1.80. The van der Waals surface area contributed by atoms with Crippen LogP contribution in [0, 0.1) is 0 Å². The molecular formula is C26H29ClN4O4S. The number of amides is 2. The molecule has 5 rings (SSSR count). The fraction of sp³-hybridized carbons (Fsp3) is 0.423. The van der Waals surface area contributed by atoms with Crippen LogP contribution >= 0.6 is 11.6 Å². The zero-order valence-corrected chi connectivity index (χ0v) is 21.5. The van der Waals surface area contributed by atoms with Crippen molar-refractivity contribution in [3.63, 3.8) is 0 Å². The number of aryl methyl sites for hydroxylation is 1. The van der Waals surface area contributed by atoms with Gasteiger partial charge in [0.2, 0.25) is 5.91 Å². The molecule has 1 saturated heterocycles. The van der Waals surface area contributed by atoms with E-state index in [2.05, 4.69) is 10.3 Å². The van der Waals surface area contributed by atoms with Crippen LogP contribution < -0.4 is 5.32 Å². The summed E-state index contributed by atoms with van der Waals surface area (Å²) in [5.41, 5.74) is 0.602. The highest BCUT2D eigenvalue weighted by atomic mass is 35.5. The number of aromatic nitrogens is 2. The van der Waals surface area contributed by atoms with Gasteiger partial charge >= 0.3 is 0 Å². The van der Waals surface area contributed by atoms with Gasteiger partial charge in [-0.05, 0) is 60.7 Å². The normalized spacial score (nSPS) is 16.6. The Labute approximate surface area is 215 Å². The van der Waals surface area contributed by atoms with E-state index < -0.39 is 9.84 Å². The monoisotopic (exact) mass is 528 g/mol. The second-order valence-corrected chi connectivity index (χ2v) is 12.1. The summed E-state index contributed by atoms with van der Waals surface area (Å²) in [5.74, 6) is 0.424. The number of halogens is 1. The Morgan fingerprint density at radius 2 is 1.78 bits per heavy atom. The van der Waals surface area contributed by atoms with Crippen LogP contribution in [-0.2, 0) is 27.6 Å². The Hall–Kier alpha value is -2.91. The predicted octanol–water partition coefficient (Wildman–Crippen LogP) is 3.61. The number of sulfone groups is 1. The molecule has 0 spiro atoms. The molecule has 1 fully saturated rings. The van der Waals surface area contributed by atoms with Gasteiger partial charge in [-0.2, -0.15) is 0 Å². The molecule has 3 aromatic rings. The van der Waals surface area contributed by atoms with Gasteiger partial charge in [0.15, 0.2) is 9.84 Å². The molecule has 1 N–H and O–H groups in total. The number of nitrogens with zero attached hydrogens (tertiary/aromatic N) is 3. The zero-order valence-electron chi connectivity index (χ0n) is 20.0. The van der Waals surface area contributed by atoms with E-state index in [1.807, 2.05) is 4.57 Å². The van der Waals surface area contributed by atoms with E-state index in [4.69, 9.17) is 11.6 Å². The number of fused-ring (bicyclic) bond motifs is 2. The SMILES string of the molecule is O=C(NC1CCN(C(=O)CCS(=O)(=O)c2ccc3cc(Cl)ccc3c2)CC1)c1cnc2n1CCCC2. The predicted molar refractivity (Wildman–Crippen MR) is 138 cm³/mol. The molecule has 2 aliphatic rings. The van der Waals surface area contributed by atoms with Crippen molar-refractivity contribution in [2.45, 2.75) is 56.0 Å². The highest BCUT2D eigenvalue weighted by Gasteiger charge is 2.27. The van der Waals surface area contributed by atoms with Gasteiger partial charge < -0.3 is 14.8 Å². The number of nitrogens with one attached hydrogen (secondary N) is 1. The van der Waals surface area contributed by atoms with Crippen LogP contribution in [0.5, 0.6) is 0 Å². The average molecular weight is 529 g/mol. The molecule has 10 heteroatoms. The number of imidazole rings is 1. The molecule has 0 radical (unpaired) electrons. The van der Waals surface area contributed by atoms with Crippen molar-refractivity contribution in [3.8, 4) is 0 Å². The molecule has 190 valence electrons. The number of rotatable bonds is 6. The molecule has 36 heavy (non-hydrogen) atoms. The summed E-state index contributed by atoms with van der Waals surface area (Å²) in [5, 5.41) is 5.32. The highest BCUT2D eigenvalue weighted by molar-refractivity contribution is 7.91. The summed E-state index contributed by atoms with van der Waals surface area (Å²) in [6, 6.07) is 10.2. The number of hydrogen-bond acceptors (Lipinski definition) is 5. The lowest BCUT2D eigenvalue weighted by molar-refractivity contribution is -0.131. The van der Waals surface area contributed by atoms with E-state index >= 15 is 0 Å². The lowest BCUT2D eigenvalue weighted by Crippen LogP contribution is -2.47. The Morgan fingerprint density at radius 3 is 2.58 bits per heavy atom. The van der Waals surface area contributed by atoms with Crippen LogP contribution in [0.4, 0.5) is 0 Å². The van der Waals surface area contributed by atoms with Gasteiger partial charge in [0.1, 0.15) is 11.5 Å². The van der Waals surface area contributed by atoms with Crippen molar-refractivity contribution in [1.29, 1.82) is 0 Å². The summed E-state index contributed by atoms with van der Waals surface area (Å²) in [6.07, 6.45) is 5.91. The fourth-order valence-corrected chi connectivity index (χ4v) is 6.46. The minimum atomic E-state index is -3.60. The van der Waals surface area contributed by atoms with E-state index in [9.17, 15) is 18.0 Å². The standard InChI is InChI=1S/C26H29ClN4O4S/c27-20-6-4-19-16-22(7-5-18(19)15-20)36(34,35)14-10-25(32)30-12-8-21(9-13-30)29-26(33)23-17-28-24-3-1-2-11-31(23)24/h4-7,15-17,21H,1-3,8-14H2,(H,29,33). The summed E-state index contributed by atoms with van der Waals surface area (Å²) in [4.78, 5) is 31.8. The van der Waals surface area contributed by atoms with E-state index in [0.29, 0.717) is 36.6 Å².